The Morgan fingerprint density at radius 2 is 1.70 bits per heavy atom. The van der Waals surface area contributed by atoms with Crippen LogP contribution in [0.25, 0.3) is 0 Å². The molecule has 0 bridgehead atoms. The molecule has 1 aromatic carbocycles. The van der Waals surface area contributed by atoms with Gasteiger partial charge < -0.3 is 10.1 Å². The smallest absolute Gasteiger partial charge is 0.406 e. The van der Waals surface area contributed by atoms with Gasteiger partial charge in [-0.2, -0.15) is 13.2 Å². The number of nitrogens with zero attached hydrogens (tertiary/aromatic N) is 1. The van der Waals surface area contributed by atoms with Crippen LogP contribution >= 0.6 is 23.8 Å². The van der Waals surface area contributed by atoms with Crippen molar-refractivity contribution in [2.75, 3.05) is 10.7 Å². The maximum absolute atomic E-state index is 12.5. The lowest BCUT2D eigenvalue weighted by atomic mass is 10.3. The molecule has 146 valence electrons. The average molecular weight is 431 g/mol. The molecule has 2 aromatic rings. The van der Waals surface area contributed by atoms with E-state index in [9.17, 15) is 26.3 Å². The molecule has 0 saturated carbocycles. The monoisotopic (exact) mass is 430 g/mol. The van der Waals surface area contributed by atoms with Crippen molar-refractivity contribution in [2.45, 2.75) is 12.5 Å². The van der Waals surface area contributed by atoms with E-state index < -0.39 is 23.9 Å². The lowest BCUT2D eigenvalue weighted by Crippen LogP contribution is -2.33. The van der Waals surface area contributed by atoms with Crippen LogP contribution in [-0.2, 0) is 6.18 Å². The highest BCUT2D eigenvalue weighted by atomic mass is 35.5. The van der Waals surface area contributed by atoms with E-state index >= 15 is 0 Å². The van der Waals surface area contributed by atoms with Gasteiger partial charge in [-0.15, -0.1) is 13.2 Å². The summed E-state index contributed by atoms with van der Waals surface area (Å²) in [5, 5.41) is 2.29. The summed E-state index contributed by atoms with van der Waals surface area (Å²) in [6.07, 6.45) is -8.79. The Bertz CT molecular complexity index is 813. The number of ether oxygens (including phenoxy) is 1. The van der Waals surface area contributed by atoms with Crippen LogP contribution in [0, 0.1) is 0 Å². The Balaban J connectivity index is 1.91. The van der Waals surface area contributed by atoms with E-state index in [1.165, 1.54) is 12.1 Å². The molecule has 27 heavy (non-hydrogen) atoms. The van der Waals surface area contributed by atoms with E-state index in [0.29, 0.717) is 18.0 Å². The first kappa shape index (κ1) is 20.8. The zero-order valence-corrected chi connectivity index (χ0v) is 14.4. The summed E-state index contributed by atoms with van der Waals surface area (Å²) in [5.41, 5.74) is 4.16. The van der Waals surface area contributed by atoms with Gasteiger partial charge in [0.05, 0.1) is 10.6 Å². The zero-order chi connectivity index (χ0) is 20.2. The summed E-state index contributed by atoms with van der Waals surface area (Å²) in [6, 6.07) is 5.38. The number of rotatable bonds is 4. The normalized spacial score (nSPS) is 11.7. The quantitative estimate of drug-likeness (QED) is 0.362. The third kappa shape index (κ3) is 6.64. The van der Waals surface area contributed by atoms with Gasteiger partial charge in [-0.1, -0.05) is 11.6 Å². The third-order valence-corrected chi connectivity index (χ3v) is 3.30. The fourth-order valence-electron chi connectivity index (χ4n) is 1.70. The topological polar surface area (TPSA) is 58.2 Å². The molecule has 0 spiro atoms. The van der Waals surface area contributed by atoms with E-state index in [1.54, 1.807) is 0 Å². The molecule has 0 saturated heterocycles. The molecule has 0 aliphatic rings. The summed E-state index contributed by atoms with van der Waals surface area (Å²) in [5.74, 6) is -0.520. The van der Waals surface area contributed by atoms with Crippen molar-refractivity contribution in [3.63, 3.8) is 0 Å². The minimum atomic E-state index is -4.80. The highest BCUT2D eigenvalue weighted by Crippen LogP contribution is 2.32. The molecule has 0 unspecified atom stereocenters. The molecule has 5 nitrogen and oxygen atoms in total. The molecule has 0 amide bonds. The van der Waals surface area contributed by atoms with Gasteiger partial charge >= 0.3 is 12.5 Å². The van der Waals surface area contributed by atoms with E-state index in [1.807, 2.05) is 0 Å². The minimum Gasteiger partial charge on any atom is -0.406 e. The summed E-state index contributed by atoms with van der Waals surface area (Å²) in [4.78, 5) is 3.53. The van der Waals surface area contributed by atoms with Crippen LogP contribution < -0.4 is 20.9 Å². The van der Waals surface area contributed by atoms with Gasteiger partial charge in [0.2, 0.25) is 0 Å². The van der Waals surface area contributed by atoms with Crippen LogP contribution in [0.2, 0.25) is 5.02 Å². The van der Waals surface area contributed by atoms with Crippen LogP contribution in [0.3, 0.4) is 0 Å². The molecular weight excluding hydrogens is 422 g/mol. The predicted molar refractivity (Wildman–Crippen MR) is 90.4 cm³/mol. The van der Waals surface area contributed by atoms with Crippen LogP contribution in [-0.4, -0.2) is 16.5 Å². The van der Waals surface area contributed by atoms with Gasteiger partial charge in [0, 0.05) is 11.9 Å². The van der Waals surface area contributed by atoms with E-state index in [4.69, 9.17) is 23.8 Å². The second-order valence-corrected chi connectivity index (χ2v) is 5.64. The largest absolute Gasteiger partial charge is 0.573 e. The third-order valence-electron chi connectivity index (χ3n) is 2.81. The van der Waals surface area contributed by atoms with Crippen molar-refractivity contribution >= 4 is 40.4 Å². The number of hydrogen-bond acceptors (Lipinski definition) is 4. The van der Waals surface area contributed by atoms with Crippen LogP contribution in [0.4, 0.5) is 37.8 Å². The van der Waals surface area contributed by atoms with Gasteiger partial charge in [0.15, 0.2) is 10.9 Å². The minimum absolute atomic E-state index is 0.0442. The number of pyridine rings is 1. The first-order valence-electron chi connectivity index (χ1n) is 6.85. The summed E-state index contributed by atoms with van der Waals surface area (Å²) in [7, 11) is 0. The number of thiocarbonyl (C=S) groups is 1. The highest BCUT2D eigenvalue weighted by Gasteiger charge is 2.32. The molecule has 0 aliphatic heterocycles. The first-order valence-corrected chi connectivity index (χ1v) is 7.64. The summed E-state index contributed by atoms with van der Waals surface area (Å²) in [6.45, 7) is 0. The Kier molecular flexibility index (Phi) is 6.21. The van der Waals surface area contributed by atoms with Gasteiger partial charge in [0.1, 0.15) is 5.75 Å². The molecule has 0 aliphatic carbocycles. The van der Waals surface area contributed by atoms with Crippen molar-refractivity contribution in [1.29, 1.82) is 0 Å². The highest BCUT2D eigenvalue weighted by molar-refractivity contribution is 7.80. The molecule has 13 heteroatoms. The number of hydrazine groups is 1. The molecule has 1 heterocycles. The SMILES string of the molecule is FC(F)(F)Oc1ccc(NC(=S)NNc2ncc(C(F)(F)F)cc2Cl)cc1. The molecule has 2 rings (SSSR count). The lowest BCUT2D eigenvalue weighted by molar-refractivity contribution is -0.274. The first-order chi connectivity index (χ1) is 12.4. The summed E-state index contributed by atoms with van der Waals surface area (Å²) < 4.78 is 77.6. The van der Waals surface area contributed by atoms with Gasteiger partial charge in [0.25, 0.3) is 0 Å². The van der Waals surface area contributed by atoms with Gasteiger partial charge in [-0.05, 0) is 42.5 Å². The van der Waals surface area contributed by atoms with E-state index in [2.05, 4.69) is 25.9 Å². The predicted octanol–water partition coefficient (Wildman–Crippen LogP) is 4.97. The Hall–Kier alpha value is -2.47. The number of nitrogens with one attached hydrogen (secondary N) is 3. The summed E-state index contributed by atoms with van der Waals surface area (Å²) >= 11 is 10.7. The van der Waals surface area contributed by atoms with Crippen LogP contribution in [0.1, 0.15) is 5.56 Å². The zero-order valence-electron chi connectivity index (χ0n) is 12.9. The van der Waals surface area contributed by atoms with Crippen molar-refractivity contribution < 1.29 is 31.1 Å². The maximum atomic E-state index is 12.5. The molecule has 1 aromatic heterocycles. The second kappa shape index (κ2) is 8.05. The number of alkyl halides is 6. The van der Waals surface area contributed by atoms with Crippen molar-refractivity contribution in [3.8, 4) is 5.75 Å². The Morgan fingerprint density at radius 3 is 2.22 bits per heavy atom. The van der Waals surface area contributed by atoms with E-state index in [-0.39, 0.29) is 16.0 Å². The molecule has 0 atom stereocenters. The van der Waals surface area contributed by atoms with Gasteiger partial charge in [-0.25, -0.2) is 4.98 Å². The fraction of sp³-hybridized carbons (Fsp3) is 0.143. The van der Waals surface area contributed by atoms with Crippen molar-refractivity contribution in [3.05, 3.63) is 47.1 Å². The molecular formula is C14H9ClF6N4OS. The van der Waals surface area contributed by atoms with Crippen LogP contribution in [0.5, 0.6) is 5.75 Å². The van der Waals surface area contributed by atoms with Crippen molar-refractivity contribution in [1.82, 2.24) is 10.4 Å². The molecule has 0 fully saturated rings. The van der Waals surface area contributed by atoms with Crippen molar-refractivity contribution in [2.24, 2.45) is 0 Å². The number of aromatic nitrogens is 1. The number of benzene rings is 1. The average Bonchev–Trinajstić information content (AvgIpc) is 2.53. The Labute approximate surface area is 158 Å². The number of anilines is 2. The van der Waals surface area contributed by atoms with Gasteiger partial charge in [-0.3, -0.25) is 10.9 Å². The second-order valence-electron chi connectivity index (χ2n) is 4.83. The molecule has 3 N–H and O–H groups in total. The standard InChI is InChI=1S/C14H9ClF6N4OS/c15-10-5-7(13(16,17)18)6-22-11(10)24-25-12(27)23-8-1-3-9(4-2-8)26-14(19,20)21/h1-6H,(H,22,24)(H2,23,25,27). The molecule has 0 radical (unpaired) electrons. The Morgan fingerprint density at radius 1 is 1.07 bits per heavy atom. The fourth-order valence-corrected chi connectivity index (χ4v) is 2.09. The maximum Gasteiger partial charge on any atom is 0.573 e. The number of hydrogen-bond donors (Lipinski definition) is 3. The number of halogens is 7. The van der Waals surface area contributed by atoms with E-state index in [0.717, 1.165) is 12.1 Å². The van der Waals surface area contributed by atoms with Crippen LogP contribution in [0.15, 0.2) is 36.5 Å². The lowest BCUT2D eigenvalue weighted by Gasteiger charge is -2.14.